The molecule has 8 nitrogen and oxygen atoms in total. The molecule has 0 atom stereocenters. The predicted molar refractivity (Wildman–Crippen MR) is 71.1 cm³/mol. The molecular weight excluding hydrogens is 280 g/mol. The van der Waals surface area contributed by atoms with Crippen LogP contribution in [0.15, 0.2) is 24.8 Å². The van der Waals surface area contributed by atoms with Crippen molar-refractivity contribution in [2.45, 2.75) is 6.92 Å². The van der Waals surface area contributed by atoms with Crippen LogP contribution in [0.3, 0.4) is 0 Å². The first kappa shape index (κ1) is 16.4. The number of ether oxygens (including phenoxy) is 2. The van der Waals surface area contributed by atoms with E-state index >= 15 is 0 Å². The molecule has 0 bridgehead atoms. The number of imide groups is 2. The van der Waals surface area contributed by atoms with E-state index in [-0.39, 0.29) is 31.9 Å². The van der Waals surface area contributed by atoms with Crippen molar-refractivity contribution in [3.8, 4) is 0 Å². The Kier molecular flexibility index (Phi) is 5.65. The topological polar surface area (TPSA) is 93.2 Å². The molecule has 0 N–H and O–H groups in total. The van der Waals surface area contributed by atoms with Crippen molar-refractivity contribution in [1.29, 1.82) is 0 Å². The molecule has 1 aliphatic heterocycles. The lowest BCUT2D eigenvalue weighted by Crippen LogP contribution is -2.65. The first-order chi connectivity index (χ1) is 9.88. The van der Waals surface area contributed by atoms with Gasteiger partial charge >= 0.3 is 24.0 Å². The zero-order valence-corrected chi connectivity index (χ0v) is 11.7. The zero-order valence-electron chi connectivity index (χ0n) is 11.7. The molecule has 1 saturated heterocycles. The summed E-state index contributed by atoms with van der Waals surface area (Å²) in [7, 11) is 0. The third kappa shape index (κ3) is 4.16. The molecule has 0 radical (unpaired) electrons. The lowest BCUT2D eigenvalue weighted by atomic mass is 10.3. The van der Waals surface area contributed by atoms with Gasteiger partial charge in [-0.2, -0.15) is 0 Å². The first-order valence-corrected chi connectivity index (χ1v) is 6.13. The van der Waals surface area contributed by atoms with Crippen molar-refractivity contribution in [2.24, 2.45) is 0 Å². The summed E-state index contributed by atoms with van der Waals surface area (Å²) in [6.07, 6.45) is 0.988. The number of rotatable bonds is 8. The van der Waals surface area contributed by atoms with Gasteiger partial charge in [0, 0.05) is 11.6 Å². The number of carbonyl (C=O) groups is 4. The second-order valence-electron chi connectivity index (χ2n) is 4.16. The largest absolute Gasteiger partial charge is 0.461 e. The fraction of sp³-hybridized carbons (Fsp3) is 0.385. The van der Waals surface area contributed by atoms with Gasteiger partial charge in [-0.25, -0.2) is 29.0 Å². The SMILES string of the molecule is C=CC(=O)OCCN1C(=O)N(CCOC(=O)C(=C)C)C1=O. The van der Waals surface area contributed by atoms with Gasteiger partial charge in [-0.1, -0.05) is 13.2 Å². The number of esters is 2. The maximum Gasteiger partial charge on any atom is 0.336 e. The van der Waals surface area contributed by atoms with Gasteiger partial charge < -0.3 is 9.47 Å². The summed E-state index contributed by atoms with van der Waals surface area (Å²) in [5, 5.41) is 0. The number of nitrogens with zero attached hydrogens (tertiary/aromatic N) is 2. The Bertz CT molecular complexity index is 483. The van der Waals surface area contributed by atoms with E-state index < -0.39 is 24.0 Å². The van der Waals surface area contributed by atoms with Crippen molar-refractivity contribution in [3.05, 3.63) is 24.8 Å². The fourth-order valence-corrected chi connectivity index (χ4v) is 1.44. The van der Waals surface area contributed by atoms with Crippen LogP contribution in [0.1, 0.15) is 6.92 Å². The average molecular weight is 296 g/mol. The average Bonchev–Trinajstić information content (AvgIpc) is 2.46. The maximum absolute atomic E-state index is 11.6. The third-order valence-corrected chi connectivity index (χ3v) is 2.55. The summed E-state index contributed by atoms with van der Waals surface area (Å²) in [4.78, 5) is 47.0. The van der Waals surface area contributed by atoms with E-state index in [1.54, 1.807) is 0 Å². The number of carbonyl (C=O) groups excluding carboxylic acids is 4. The highest BCUT2D eigenvalue weighted by Gasteiger charge is 2.43. The molecule has 0 aliphatic carbocycles. The molecule has 0 aromatic carbocycles. The molecule has 0 unspecified atom stereocenters. The second-order valence-corrected chi connectivity index (χ2v) is 4.16. The quantitative estimate of drug-likeness (QED) is 0.483. The van der Waals surface area contributed by atoms with Crippen LogP contribution in [-0.2, 0) is 19.1 Å². The highest BCUT2D eigenvalue weighted by Crippen LogP contribution is 2.15. The van der Waals surface area contributed by atoms with Gasteiger partial charge in [-0.3, -0.25) is 0 Å². The zero-order chi connectivity index (χ0) is 16.0. The normalized spacial score (nSPS) is 13.6. The minimum atomic E-state index is -0.626. The standard InChI is InChI=1S/C13H16N2O6/c1-4-10(16)20-7-5-14-12(18)15(13(14)19)6-8-21-11(17)9(2)3/h4H,1-2,5-8H2,3H3. The monoisotopic (exact) mass is 296 g/mol. The van der Waals surface area contributed by atoms with E-state index in [0.717, 1.165) is 15.9 Å². The molecule has 21 heavy (non-hydrogen) atoms. The molecule has 0 aromatic heterocycles. The van der Waals surface area contributed by atoms with Crippen molar-refractivity contribution in [1.82, 2.24) is 9.80 Å². The van der Waals surface area contributed by atoms with Gasteiger partial charge in [0.2, 0.25) is 0 Å². The second kappa shape index (κ2) is 7.22. The van der Waals surface area contributed by atoms with Gasteiger partial charge in [0.15, 0.2) is 0 Å². The van der Waals surface area contributed by atoms with E-state index in [0.29, 0.717) is 0 Å². The van der Waals surface area contributed by atoms with E-state index in [2.05, 4.69) is 17.9 Å². The van der Waals surface area contributed by atoms with Crippen LogP contribution >= 0.6 is 0 Å². The molecular formula is C13H16N2O6. The van der Waals surface area contributed by atoms with Crippen LogP contribution < -0.4 is 0 Å². The Morgan fingerprint density at radius 2 is 1.57 bits per heavy atom. The molecule has 4 amide bonds. The summed E-state index contributed by atoms with van der Waals surface area (Å²) in [5.41, 5.74) is 0.238. The van der Waals surface area contributed by atoms with E-state index in [1.165, 1.54) is 6.92 Å². The Hall–Kier alpha value is -2.64. The lowest BCUT2D eigenvalue weighted by molar-refractivity contribution is -0.139. The molecule has 114 valence electrons. The van der Waals surface area contributed by atoms with Crippen LogP contribution in [0.4, 0.5) is 9.59 Å². The number of hydrogen-bond donors (Lipinski definition) is 0. The number of urea groups is 2. The summed E-state index contributed by atoms with van der Waals surface area (Å²) < 4.78 is 9.45. The van der Waals surface area contributed by atoms with Gasteiger partial charge in [0.25, 0.3) is 0 Å². The Balaban J connectivity index is 2.29. The molecule has 8 heteroatoms. The van der Waals surface area contributed by atoms with E-state index in [4.69, 9.17) is 4.74 Å². The van der Waals surface area contributed by atoms with Crippen molar-refractivity contribution < 1.29 is 28.7 Å². The Morgan fingerprint density at radius 3 is 2.00 bits per heavy atom. The Morgan fingerprint density at radius 1 is 1.10 bits per heavy atom. The van der Waals surface area contributed by atoms with Crippen molar-refractivity contribution >= 4 is 24.0 Å². The molecule has 1 rings (SSSR count). The minimum absolute atomic E-state index is 0.0281. The van der Waals surface area contributed by atoms with Gasteiger partial charge in [0.1, 0.15) is 13.2 Å². The summed E-state index contributed by atoms with van der Waals surface area (Å²) in [5.74, 6) is -1.21. The van der Waals surface area contributed by atoms with E-state index in [1.807, 2.05) is 0 Å². The molecule has 1 fully saturated rings. The number of amides is 4. The molecule has 0 saturated carbocycles. The highest BCUT2D eigenvalue weighted by atomic mass is 16.5. The predicted octanol–water partition coefficient (Wildman–Crippen LogP) is 0.692. The summed E-state index contributed by atoms with van der Waals surface area (Å²) >= 11 is 0. The van der Waals surface area contributed by atoms with Crippen LogP contribution in [-0.4, -0.2) is 60.1 Å². The van der Waals surface area contributed by atoms with E-state index in [9.17, 15) is 19.2 Å². The summed E-state index contributed by atoms with van der Waals surface area (Å²) in [6.45, 7) is 7.87. The van der Waals surface area contributed by atoms with Crippen LogP contribution in [0.25, 0.3) is 0 Å². The highest BCUT2D eigenvalue weighted by molar-refractivity contribution is 6.11. The van der Waals surface area contributed by atoms with Gasteiger partial charge in [-0.15, -0.1) is 0 Å². The fourth-order valence-electron chi connectivity index (χ4n) is 1.44. The molecule has 1 aliphatic rings. The third-order valence-electron chi connectivity index (χ3n) is 2.55. The summed E-state index contributed by atoms with van der Waals surface area (Å²) in [6, 6.07) is -1.05. The lowest BCUT2D eigenvalue weighted by Gasteiger charge is -2.38. The van der Waals surface area contributed by atoms with Crippen LogP contribution in [0.2, 0.25) is 0 Å². The van der Waals surface area contributed by atoms with Gasteiger partial charge in [0.05, 0.1) is 13.1 Å². The Labute approximate surface area is 121 Å². The maximum atomic E-state index is 11.6. The van der Waals surface area contributed by atoms with Crippen molar-refractivity contribution in [3.63, 3.8) is 0 Å². The first-order valence-electron chi connectivity index (χ1n) is 6.13. The van der Waals surface area contributed by atoms with Crippen LogP contribution in [0.5, 0.6) is 0 Å². The van der Waals surface area contributed by atoms with Crippen molar-refractivity contribution in [2.75, 3.05) is 26.3 Å². The molecule has 1 heterocycles. The number of hydrogen-bond acceptors (Lipinski definition) is 6. The smallest absolute Gasteiger partial charge is 0.336 e. The minimum Gasteiger partial charge on any atom is -0.461 e. The molecule has 0 spiro atoms. The molecule has 0 aromatic rings. The van der Waals surface area contributed by atoms with Crippen LogP contribution in [0, 0.1) is 0 Å². The van der Waals surface area contributed by atoms with Gasteiger partial charge in [-0.05, 0) is 6.92 Å².